The molecule has 0 aliphatic carbocycles. The molecule has 0 unspecified atom stereocenters. The average Bonchev–Trinajstić information content (AvgIpc) is 2.24. The van der Waals surface area contributed by atoms with Gasteiger partial charge < -0.3 is 10.0 Å². The van der Waals surface area contributed by atoms with Crippen LogP contribution in [0.2, 0.25) is 0 Å². The number of carbonyl (C=O) groups is 1. The van der Waals surface area contributed by atoms with Crippen LogP contribution in [0.25, 0.3) is 0 Å². The summed E-state index contributed by atoms with van der Waals surface area (Å²) in [6.07, 6.45) is 1.66. The van der Waals surface area contributed by atoms with E-state index in [0.717, 1.165) is 0 Å². The lowest BCUT2D eigenvalue weighted by Crippen LogP contribution is -2.39. The number of hydrogen-bond acceptors (Lipinski definition) is 4. The summed E-state index contributed by atoms with van der Waals surface area (Å²) < 4.78 is 0. The molecule has 1 heterocycles. The fourth-order valence-electron chi connectivity index (χ4n) is 1.73. The zero-order chi connectivity index (χ0) is 13.1. The van der Waals surface area contributed by atoms with Crippen molar-refractivity contribution in [3.8, 4) is 0 Å². The van der Waals surface area contributed by atoms with Crippen LogP contribution in [0.5, 0.6) is 0 Å². The van der Waals surface area contributed by atoms with Crippen LogP contribution in [0.3, 0.4) is 0 Å². The van der Waals surface area contributed by atoms with E-state index in [-0.39, 0.29) is 5.78 Å². The average molecular weight is 236 g/mol. The normalized spacial score (nSPS) is 11.4. The van der Waals surface area contributed by atoms with Crippen molar-refractivity contribution in [2.45, 2.75) is 33.3 Å². The Morgan fingerprint density at radius 3 is 2.65 bits per heavy atom. The van der Waals surface area contributed by atoms with Crippen LogP contribution in [0.1, 0.15) is 38.1 Å². The minimum Gasteiger partial charge on any atom is -0.389 e. The summed E-state index contributed by atoms with van der Waals surface area (Å²) in [5.41, 5.74) is -0.222. The van der Waals surface area contributed by atoms with E-state index in [9.17, 15) is 9.90 Å². The Balaban J connectivity index is 3.07. The van der Waals surface area contributed by atoms with Gasteiger partial charge in [-0.2, -0.15) is 0 Å². The highest BCUT2D eigenvalue weighted by Crippen LogP contribution is 2.19. The summed E-state index contributed by atoms with van der Waals surface area (Å²) in [4.78, 5) is 17.7. The lowest BCUT2D eigenvalue weighted by Gasteiger charge is -2.29. The molecule has 1 N–H and O–H groups in total. The third-order valence-electron chi connectivity index (χ3n) is 2.43. The first kappa shape index (κ1) is 13.6. The van der Waals surface area contributed by atoms with Crippen molar-refractivity contribution >= 4 is 11.6 Å². The molecule has 4 heteroatoms. The second-order valence-corrected chi connectivity index (χ2v) is 4.76. The van der Waals surface area contributed by atoms with Crippen LogP contribution >= 0.6 is 0 Å². The molecule has 0 fully saturated rings. The summed E-state index contributed by atoms with van der Waals surface area (Å²) >= 11 is 0. The van der Waals surface area contributed by atoms with E-state index in [0.29, 0.717) is 24.5 Å². The number of ketones is 1. The number of anilines is 1. The Bertz CT molecular complexity index is 397. The highest BCUT2D eigenvalue weighted by molar-refractivity contribution is 5.98. The third kappa shape index (κ3) is 3.82. The molecule has 0 saturated carbocycles. The molecule has 4 nitrogen and oxygen atoms in total. The minimum atomic E-state index is -0.818. The van der Waals surface area contributed by atoms with Gasteiger partial charge in [0.2, 0.25) is 0 Å². The molecular formula is C13H20N2O2. The standard InChI is InChI=1S/C13H20N2O2/c1-5-15(9-13(3,4)17)12-11(10(2)16)7-6-8-14-12/h6-8,17H,5,9H2,1-4H3. The molecule has 0 atom stereocenters. The van der Waals surface area contributed by atoms with E-state index < -0.39 is 5.60 Å². The van der Waals surface area contributed by atoms with E-state index in [1.54, 1.807) is 32.2 Å². The molecule has 1 aromatic rings. The summed E-state index contributed by atoms with van der Waals surface area (Å²) in [6, 6.07) is 3.51. The fourth-order valence-corrected chi connectivity index (χ4v) is 1.73. The number of pyridine rings is 1. The summed E-state index contributed by atoms with van der Waals surface area (Å²) in [5.74, 6) is 0.631. The van der Waals surface area contributed by atoms with Crippen molar-refractivity contribution in [1.29, 1.82) is 0 Å². The molecular weight excluding hydrogens is 216 g/mol. The highest BCUT2D eigenvalue weighted by Gasteiger charge is 2.21. The van der Waals surface area contributed by atoms with Crippen molar-refractivity contribution in [3.05, 3.63) is 23.9 Å². The van der Waals surface area contributed by atoms with E-state index in [4.69, 9.17) is 0 Å². The van der Waals surface area contributed by atoms with Gasteiger partial charge in [0.15, 0.2) is 5.78 Å². The van der Waals surface area contributed by atoms with E-state index in [2.05, 4.69) is 4.98 Å². The molecule has 0 aliphatic heterocycles. The first-order valence-electron chi connectivity index (χ1n) is 5.78. The Kier molecular flexibility index (Phi) is 4.23. The Morgan fingerprint density at radius 2 is 2.18 bits per heavy atom. The van der Waals surface area contributed by atoms with Gasteiger partial charge >= 0.3 is 0 Å². The van der Waals surface area contributed by atoms with Gasteiger partial charge in [0, 0.05) is 19.3 Å². The number of rotatable bonds is 5. The molecule has 0 aromatic carbocycles. The number of aliphatic hydroxyl groups is 1. The molecule has 0 aliphatic rings. The van der Waals surface area contributed by atoms with Gasteiger partial charge in [0.1, 0.15) is 5.82 Å². The predicted octanol–water partition coefficient (Wildman–Crippen LogP) is 1.88. The molecule has 94 valence electrons. The maximum Gasteiger partial charge on any atom is 0.163 e. The highest BCUT2D eigenvalue weighted by atomic mass is 16.3. The lowest BCUT2D eigenvalue weighted by molar-refractivity contribution is 0.0870. The van der Waals surface area contributed by atoms with Crippen molar-refractivity contribution in [3.63, 3.8) is 0 Å². The molecule has 0 bridgehead atoms. The number of hydrogen-bond donors (Lipinski definition) is 1. The van der Waals surface area contributed by atoms with Gasteiger partial charge in [-0.1, -0.05) is 0 Å². The second kappa shape index (κ2) is 5.27. The summed E-state index contributed by atoms with van der Waals surface area (Å²) in [5, 5.41) is 9.86. The van der Waals surface area contributed by atoms with Gasteiger partial charge in [-0.05, 0) is 39.8 Å². The molecule has 0 saturated heterocycles. The van der Waals surface area contributed by atoms with Crippen molar-refractivity contribution in [2.75, 3.05) is 18.0 Å². The minimum absolute atomic E-state index is 0.0118. The monoisotopic (exact) mass is 236 g/mol. The van der Waals surface area contributed by atoms with Gasteiger partial charge in [0.05, 0.1) is 11.2 Å². The van der Waals surface area contributed by atoms with E-state index in [1.807, 2.05) is 11.8 Å². The van der Waals surface area contributed by atoms with Crippen LogP contribution in [0.4, 0.5) is 5.82 Å². The van der Waals surface area contributed by atoms with Crippen LogP contribution in [0, 0.1) is 0 Å². The van der Waals surface area contributed by atoms with Gasteiger partial charge in [-0.25, -0.2) is 4.98 Å². The Labute approximate surface area is 102 Å². The molecule has 17 heavy (non-hydrogen) atoms. The fraction of sp³-hybridized carbons (Fsp3) is 0.538. The van der Waals surface area contributed by atoms with E-state index in [1.165, 1.54) is 6.92 Å². The molecule has 1 aromatic heterocycles. The number of nitrogens with zero attached hydrogens (tertiary/aromatic N) is 2. The number of likely N-dealkylation sites (N-methyl/N-ethyl adjacent to an activating group) is 1. The molecule has 0 spiro atoms. The Hall–Kier alpha value is -1.42. The molecule has 0 radical (unpaired) electrons. The predicted molar refractivity (Wildman–Crippen MR) is 68.4 cm³/mol. The maximum atomic E-state index is 11.5. The van der Waals surface area contributed by atoms with Crippen LogP contribution < -0.4 is 4.90 Å². The van der Waals surface area contributed by atoms with Crippen LogP contribution in [-0.2, 0) is 0 Å². The number of Topliss-reactive ketones (excluding diaryl/α,β-unsaturated/α-hetero) is 1. The van der Waals surface area contributed by atoms with Gasteiger partial charge in [-0.15, -0.1) is 0 Å². The SMILES string of the molecule is CCN(CC(C)(C)O)c1ncccc1C(C)=O. The lowest BCUT2D eigenvalue weighted by atomic mass is 10.1. The van der Waals surface area contributed by atoms with Gasteiger partial charge in [-0.3, -0.25) is 4.79 Å². The molecule has 1 rings (SSSR count). The van der Waals surface area contributed by atoms with Gasteiger partial charge in [0.25, 0.3) is 0 Å². The number of carbonyl (C=O) groups excluding carboxylic acids is 1. The second-order valence-electron chi connectivity index (χ2n) is 4.76. The first-order valence-corrected chi connectivity index (χ1v) is 5.78. The summed E-state index contributed by atoms with van der Waals surface area (Å²) in [6.45, 7) is 8.13. The summed E-state index contributed by atoms with van der Waals surface area (Å²) in [7, 11) is 0. The smallest absolute Gasteiger partial charge is 0.163 e. The number of aromatic nitrogens is 1. The maximum absolute atomic E-state index is 11.5. The zero-order valence-corrected chi connectivity index (χ0v) is 10.9. The topological polar surface area (TPSA) is 53.4 Å². The van der Waals surface area contributed by atoms with Crippen LogP contribution in [0.15, 0.2) is 18.3 Å². The quantitative estimate of drug-likeness (QED) is 0.793. The zero-order valence-electron chi connectivity index (χ0n) is 10.9. The Morgan fingerprint density at radius 1 is 1.53 bits per heavy atom. The van der Waals surface area contributed by atoms with Crippen molar-refractivity contribution in [1.82, 2.24) is 4.98 Å². The first-order chi connectivity index (χ1) is 7.85. The largest absolute Gasteiger partial charge is 0.389 e. The van der Waals surface area contributed by atoms with Crippen molar-refractivity contribution < 1.29 is 9.90 Å². The van der Waals surface area contributed by atoms with Crippen molar-refractivity contribution in [2.24, 2.45) is 0 Å². The van der Waals surface area contributed by atoms with E-state index >= 15 is 0 Å². The third-order valence-corrected chi connectivity index (χ3v) is 2.43. The molecule has 0 amide bonds. The van der Waals surface area contributed by atoms with Crippen LogP contribution in [-0.4, -0.2) is 34.6 Å².